The van der Waals surface area contributed by atoms with Crippen molar-refractivity contribution in [2.45, 2.75) is 12.8 Å². The molecule has 0 aliphatic heterocycles. The highest BCUT2D eigenvalue weighted by Crippen LogP contribution is 2.12. The summed E-state index contributed by atoms with van der Waals surface area (Å²) in [5.74, 6) is 7.19. The molecule has 0 N–H and O–H groups in total. The summed E-state index contributed by atoms with van der Waals surface area (Å²) in [6.07, 6.45) is 1.79. The summed E-state index contributed by atoms with van der Waals surface area (Å²) in [7, 11) is 1.67. The Hall–Kier alpha value is -1.91. The fraction of sp³-hybridized carbons (Fsp3) is 0.176. The second kappa shape index (κ2) is 6.87. The van der Waals surface area contributed by atoms with Gasteiger partial charge in [0.25, 0.3) is 0 Å². The number of halogens is 1. The van der Waals surface area contributed by atoms with Gasteiger partial charge in [-0.2, -0.15) is 0 Å². The van der Waals surface area contributed by atoms with E-state index < -0.39 is 0 Å². The molecule has 0 unspecified atom stereocenters. The molecule has 0 saturated carbocycles. The fourth-order valence-electron chi connectivity index (χ4n) is 1.70. The molecule has 2 heteroatoms. The zero-order chi connectivity index (χ0) is 13.5. The molecule has 2 aromatic rings. The molecule has 0 radical (unpaired) electrons. The topological polar surface area (TPSA) is 9.23 Å². The van der Waals surface area contributed by atoms with Crippen LogP contribution in [0.25, 0.3) is 0 Å². The highest BCUT2D eigenvalue weighted by molar-refractivity contribution is 6.30. The first-order valence-electron chi connectivity index (χ1n) is 6.15. The van der Waals surface area contributed by atoms with Crippen molar-refractivity contribution in [3.8, 4) is 17.6 Å². The van der Waals surface area contributed by atoms with Gasteiger partial charge in [0.15, 0.2) is 0 Å². The van der Waals surface area contributed by atoms with Gasteiger partial charge in [-0.15, -0.1) is 0 Å². The van der Waals surface area contributed by atoms with E-state index in [2.05, 4.69) is 24.0 Å². The number of hydrogen-bond donors (Lipinski definition) is 0. The first-order chi connectivity index (χ1) is 9.28. The van der Waals surface area contributed by atoms with E-state index in [1.165, 1.54) is 5.56 Å². The van der Waals surface area contributed by atoms with Gasteiger partial charge in [-0.05, 0) is 48.4 Å². The molecule has 2 aromatic carbocycles. The Morgan fingerprint density at radius 2 is 1.68 bits per heavy atom. The second-order valence-corrected chi connectivity index (χ2v) is 4.59. The van der Waals surface area contributed by atoms with E-state index in [0.29, 0.717) is 0 Å². The minimum atomic E-state index is 0.740. The number of hydrogen-bond acceptors (Lipinski definition) is 1. The van der Waals surface area contributed by atoms with Crippen molar-refractivity contribution in [1.29, 1.82) is 0 Å². The third-order valence-corrected chi connectivity index (χ3v) is 3.03. The third kappa shape index (κ3) is 4.35. The Morgan fingerprint density at radius 1 is 1.00 bits per heavy atom. The monoisotopic (exact) mass is 270 g/mol. The predicted octanol–water partition coefficient (Wildman–Crippen LogP) is 4.33. The molecule has 0 heterocycles. The number of rotatable bonds is 3. The van der Waals surface area contributed by atoms with E-state index >= 15 is 0 Å². The van der Waals surface area contributed by atoms with Crippen LogP contribution in [0.2, 0.25) is 5.02 Å². The standard InChI is InChI=1S/C17H15ClO/c1-19-17-12-8-15(9-13-17)5-3-2-4-14-6-10-16(18)11-7-14/h6-13H,3,5H2,1H3. The first-order valence-corrected chi connectivity index (χ1v) is 6.53. The largest absolute Gasteiger partial charge is 0.497 e. The highest BCUT2D eigenvalue weighted by Gasteiger charge is 1.93. The summed E-state index contributed by atoms with van der Waals surface area (Å²) in [6.45, 7) is 0. The van der Waals surface area contributed by atoms with Crippen LogP contribution in [0.5, 0.6) is 5.75 Å². The normalized spacial score (nSPS) is 9.58. The van der Waals surface area contributed by atoms with E-state index in [-0.39, 0.29) is 0 Å². The molecule has 0 aliphatic rings. The summed E-state index contributed by atoms with van der Waals surface area (Å²) >= 11 is 5.82. The zero-order valence-electron chi connectivity index (χ0n) is 10.8. The number of methoxy groups -OCH3 is 1. The van der Waals surface area contributed by atoms with Crippen molar-refractivity contribution >= 4 is 11.6 Å². The van der Waals surface area contributed by atoms with Crippen molar-refractivity contribution in [3.05, 3.63) is 64.7 Å². The van der Waals surface area contributed by atoms with E-state index in [9.17, 15) is 0 Å². The van der Waals surface area contributed by atoms with Gasteiger partial charge in [-0.3, -0.25) is 0 Å². The molecule has 1 nitrogen and oxygen atoms in total. The molecule has 19 heavy (non-hydrogen) atoms. The van der Waals surface area contributed by atoms with Gasteiger partial charge in [0.1, 0.15) is 5.75 Å². The molecule has 0 spiro atoms. The summed E-state index contributed by atoms with van der Waals surface area (Å²) in [4.78, 5) is 0. The van der Waals surface area contributed by atoms with Gasteiger partial charge in [-0.25, -0.2) is 0 Å². The van der Waals surface area contributed by atoms with E-state index in [4.69, 9.17) is 16.3 Å². The molecular weight excluding hydrogens is 256 g/mol. The molecule has 0 aliphatic carbocycles. The molecule has 96 valence electrons. The Balaban J connectivity index is 1.87. The van der Waals surface area contributed by atoms with Crippen LogP contribution in [0.3, 0.4) is 0 Å². The number of benzene rings is 2. The van der Waals surface area contributed by atoms with E-state index in [1.807, 2.05) is 36.4 Å². The van der Waals surface area contributed by atoms with Crippen LogP contribution < -0.4 is 4.74 Å². The van der Waals surface area contributed by atoms with Crippen LogP contribution in [0, 0.1) is 11.8 Å². The number of aryl methyl sites for hydroxylation is 1. The average Bonchev–Trinajstić information content (AvgIpc) is 2.46. The zero-order valence-corrected chi connectivity index (χ0v) is 11.6. The maximum absolute atomic E-state index is 5.82. The Morgan fingerprint density at radius 3 is 2.32 bits per heavy atom. The van der Waals surface area contributed by atoms with Crippen molar-refractivity contribution in [3.63, 3.8) is 0 Å². The molecule has 0 aromatic heterocycles. The van der Waals surface area contributed by atoms with Gasteiger partial charge in [-0.1, -0.05) is 35.6 Å². The first kappa shape index (κ1) is 13.5. The Bertz CT molecular complexity index is 573. The molecule has 0 bridgehead atoms. The lowest BCUT2D eigenvalue weighted by atomic mass is 10.1. The quantitative estimate of drug-likeness (QED) is 0.754. The minimum Gasteiger partial charge on any atom is -0.497 e. The maximum atomic E-state index is 5.82. The second-order valence-electron chi connectivity index (χ2n) is 4.16. The Labute approximate surface area is 119 Å². The van der Waals surface area contributed by atoms with Gasteiger partial charge in [0, 0.05) is 17.0 Å². The van der Waals surface area contributed by atoms with Crippen LogP contribution in [-0.4, -0.2) is 7.11 Å². The van der Waals surface area contributed by atoms with Crippen molar-refractivity contribution in [1.82, 2.24) is 0 Å². The van der Waals surface area contributed by atoms with Crippen LogP contribution in [0.15, 0.2) is 48.5 Å². The molecule has 0 fully saturated rings. The SMILES string of the molecule is COc1ccc(CCC#Cc2ccc(Cl)cc2)cc1. The molecule has 0 atom stereocenters. The summed E-state index contributed by atoms with van der Waals surface area (Å²) in [5.41, 5.74) is 2.27. The average molecular weight is 271 g/mol. The fourth-order valence-corrected chi connectivity index (χ4v) is 1.82. The van der Waals surface area contributed by atoms with Gasteiger partial charge >= 0.3 is 0 Å². The third-order valence-electron chi connectivity index (χ3n) is 2.77. The van der Waals surface area contributed by atoms with Crippen molar-refractivity contribution in [2.75, 3.05) is 7.11 Å². The molecule has 0 amide bonds. The molecule has 0 saturated heterocycles. The van der Waals surface area contributed by atoms with Crippen LogP contribution in [0.4, 0.5) is 0 Å². The predicted molar refractivity (Wildman–Crippen MR) is 79.6 cm³/mol. The van der Waals surface area contributed by atoms with Crippen LogP contribution in [-0.2, 0) is 6.42 Å². The number of ether oxygens (including phenoxy) is 1. The summed E-state index contributed by atoms with van der Waals surface area (Å²) in [6, 6.07) is 15.7. The van der Waals surface area contributed by atoms with Gasteiger partial charge in [0.05, 0.1) is 7.11 Å². The molecular formula is C17H15ClO. The van der Waals surface area contributed by atoms with Crippen LogP contribution in [0.1, 0.15) is 17.5 Å². The van der Waals surface area contributed by atoms with Crippen molar-refractivity contribution in [2.24, 2.45) is 0 Å². The van der Waals surface area contributed by atoms with Crippen molar-refractivity contribution < 1.29 is 4.74 Å². The lowest BCUT2D eigenvalue weighted by Gasteiger charge is -2.00. The summed E-state index contributed by atoms with van der Waals surface area (Å²) < 4.78 is 5.12. The smallest absolute Gasteiger partial charge is 0.118 e. The summed E-state index contributed by atoms with van der Waals surface area (Å²) in [5, 5.41) is 0.740. The maximum Gasteiger partial charge on any atom is 0.118 e. The Kier molecular flexibility index (Phi) is 4.89. The van der Waals surface area contributed by atoms with E-state index in [1.54, 1.807) is 7.11 Å². The van der Waals surface area contributed by atoms with Crippen LogP contribution >= 0.6 is 11.6 Å². The highest BCUT2D eigenvalue weighted by atomic mass is 35.5. The lowest BCUT2D eigenvalue weighted by Crippen LogP contribution is -1.86. The lowest BCUT2D eigenvalue weighted by molar-refractivity contribution is 0.414. The van der Waals surface area contributed by atoms with Gasteiger partial charge in [0.2, 0.25) is 0 Å². The van der Waals surface area contributed by atoms with Gasteiger partial charge < -0.3 is 4.74 Å². The molecule has 2 rings (SSSR count). The van der Waals surface area contributed by atoms with E-state index in [0.717, 1.165) is 29.2 Å². The minimum absolute atomic E-state index is 0.740.